The van der Waals surface area contributed by atoms with E-state index >= 15 is 0 Å². The van der Waals surface area contributed by atoms with Crippen LogP contribution in [0.1, 0.15) is 136 Å². The lowest BCUT2D eigenvalue weighted by Gasteiger charge is -2.62. The Morgan fingerprint density at radius 2 is 1.46 bits per heavy atom. The average Bonchev–Trinajstić information content (AvgIpc) is 3.39. The van der Waals surface area contributed by atoms with Crippen LogP contribution in [0.2, 0.25) is 0 Å². The van der Waals surface area contributed by atoms with E-state index < -0.39 is 23.4 Å². The molecule has 0 aromatic heterocycles. The monoisotopic (exact) mass is 674 g/mol. The molecule has 48 heavy (non-hydrogen) atoms. The summed E-state index contributed by atoms with van der Waals surface area (Å²) in [4.78, 5) is 49.1. The maximum absolute atomic E-state index is 13.0. The highest BCUT2D eigenvalue weighted by molar-refractivity contribution is 5.84. The van der Waals surface area contributed by atoms with Crippen LogP contribution in [0.25, 0.3) is 0 Å². The highest BCUT2D eigenvalue weighted by Gasteiger charge is 2.62. The summed E-state index contributed by atoms with van der Waals surface area (Å²) in [5.74, 6) is -0.345. The molecule has 0 aromatic carbocycles. The number of fused-ring (bicyclic) bond motifs is 5. The molecule has 0 radical (unpaired) electrons. The summed E-state index contributed by atoms with van der Waals surface area (Å²) in [6.07, 6.45) is 12.6. The van der Waals surface area contributed by atoms with Crippen LogP contribution < -0.4 is 10.6 Å². The fraction of sp³-hybridized carbons (Fsp3) is 0.895. The first kappa shape index (κ1) is 37.1. The van der Waals surface area contributed by atoms with Gasteiger partial charge in [-0.15, -0.1) is 0 Å². The first-order valence-electron chi connectivity index (χ1n) is 19.0. The second kappa shape index (κ2) is 15.0. The largest absolute Gasteiger partial charge is 0.481 e. The third-order valence-corrected chi connectivity index (χ3v) is 14.6. The third-order valence-electron chi connectivity index (χ3n) is 14.6. The molecule has 5 saturated carbocycles. The number of aliphatic carboxylic acids is 2. The van der Waals surface area contributed by atoms with Crippen LogP contribution in [0.15, 0.2) is 0 Å². The number of carboxylic acid groups (broad SMARTS) is 2. The number of carboxylic acids is 2. The van der Waals surface area contributed by atoms with Crippen molar-refractivity contribution < 1.29 is 39.6 Å². The molecule has 0 saturated heterocycles. The van der Waals surface area contributed by atoms with Crippen molar-refractivity contribution in [3.05, 3.63) is 0 Å². The molecule has 10 heteroatoms. The Labute approximate surface area is 286 Å². The summed E-state index contributed by atoms with van der Waals surface area (Å²) in [5.41, 5.74) is -0.164. The van der Waals surface area contributed by atoms with E-state index in [-0.39, 0.29) is 73.0 Å². The molecule has 2 amide bonds. The van der Waals surface area contributed by atoms with Gasteiger partial charge in [-0.25, -0.2) is 4.79 Å². The first-order chi connectivity index (χ1) is 22.7. The molecule has 5 aliphatic rings. The number of rotatable bonds is 13. The van der Waals surface area contributed by atoms with E-state index in [0.29, 0.717) is 36.0 Å². The van der Waals surface area contributed by atoms with Gasteiger partial charge in [0.2, 0.25) is 11.8 Å². The van der Waals surface area contributed by atoms with Gasteiger partial charge >= 0.3 is 11.9 Å². The minimum absolute atomic E-state index is 0.00879. The molecule has 0 aliphatic heterocycles. The predicted molar refractivity (Wildman–Crippen MR) is 181 cm³/mol. The summed E-state index contributed by atoms with van der Waals surface area (Å²) in [6, 6.07) is -1.16. The van der Waals surface area contributed by atoms with Crippen LogP contribution in [0.5, 0.6) is 0 Å². The SMILES string of the molecule is C[C@H](CCC(=O)N[C@@H](CCC(=O)NCC1(CC(=O)O)CCCCC1)C(=O)O)[C@H]1CC[C@H]2[C@@H]3[C@H](O)C[C@@H]4C[C@H](O)CC[C@]4(C)[C@H]3CC[C@]12C. The summed E-state index contributed by atoms with van der Waals surface area (Å²) in [6.45, 7) is 7.33. The van der Waals surface area contributed by atoms with Crippen LogP contribution >= 0.6 is 0 Å². The van der Waals surface area contributed by atoms with Crippen LogP contribution in [0.4, 0.5) is 0 Å². The Morgan fingerprint density at radius 1 is 0.792 bits per heavy atom. The minimum Gasteiger partial charge on any atom is -0.481 e. The van der Waals surface area contributed by atoms with Gasteiger partial charge in [0.25, 0.3) is 0 Å². The highest BCUT2D eigenvalue weighted by atomic mass is 16.4. The smallest absolute Gasteiger partial charge is 0.326 e. The number of amides is 2. The van der Waals surface area contributed by atoms with Crippen molar-refractivity contribution in [1.29, 1.82) is 0 Å². The van der Waals surface area contributed by atoms with Gasteiger partial charge in [0.15, 0.2) is 0 Å². The number of nitrogens with one attached hydrogen (secondary N) is 2. The fourth-order valence-corrected chi connectivity index (χ4v) is 11.9. The normalized spacial score (nSPS) is 38.4. The van der Waals surface area contributed by atoms with Crippen molar-refractivity contribution in [2.24, 2.45) is 51.8 Å². The maximum atomic E-state index is 13.0. The second-order valence-corrected chi connectivity index (χ2v) is 17.4. The highest BCUT2D eigenvalue weighted by Crippen LogP contribution is 2.68. The summed E-state index contributed by atoms with van der Waals surface area (Å²) < 4.78 is 0. The van der Waals surface area contributed by atoms with E-state index in [1.54, 1.807) is 0 Å². The molecule has 0 spiro atoms. The minimum atomic E-state index is -1.17. The van der Waals surface area contributed by atoms with Gasteiger partial charge in [0, 0.05) is 19.4 Å². The molecule has 6 N–H and O–H groups in total. The van der Waals surface area contributed by atoms with Crippen molar-refractivity contribution in [2.45, 2.75) is 155 Å². The van der Waals surface area contributed by atoms with Gasteiger partial charge in [0.05, 0.1) is 18.6 Å². The van der Waals surface area contributed by atoms with Gasteiger partial charge < -0.3 is 31.1 Å². The molecular weight excluding hydrogens is 612 g/mol. The number of carbonyl (C=O) groups excluding carboxylic acids is 2. The van der Waals surface area contributed by atoms with Crippen molar-refractivity contribution in [2.75, 3.05) is 6.54 Å². The Morgan fingerprint density at radius 3 is 2.15 bits per heavy atom. The van der Waals surface area contributed by atoms with Gasteiger partial charge in [-0.05, 0) is 129 Å². The predicted octanol–water partition coefficient (Wildman–Crippen LogP) is 5.28. The summed E-state index contributed by atoms with van der Waals surface area (Å²) in [5, 5.41) is 46.6. The van der Waals surface area contributed by atoms with Crippen LogP contribution in [0.3, 0.4) is 0 Å². The van der Waals surface area contributed by atoms with Gasteiger partial charge in [-0.1, -0.05) is 40.0 Å². The lowest BCUT2D eigenvalue weighted by molar-refractivity contribution is -0.174. The quantitative estimate of drug-likeness (QED) is 0.153. The molecule has 5 aliphatic carbocycles. The number of carbonyl (C=O) groups is 4. The van der Waals surface area contributed by atoms with E-state index in [1.165, 1.54) is 0 Å². The Kier molecular flexibility index (Phi) is 11.6. The van der Waals surface area contributed by atoms with Gasteiger partial charge in [0.1, 0.15) is 6.04 Å². The molecule has 0 bridgehead atoms. The topological polar surface area (TPSA) is 173 Å². The molecule has 5 rings (SSSR count). The zero-order valence-corrected chi connectivity index (χ0v) is 29.6. The van der Waals surface area contributed by atoms with Gasteiger partial charge in [-0.3, -0.25) is 14.4 Å². The molecule has 10 nitrogen and oxygen atoms in total. The molecule has 0 unspecified atom stereocenters. The Hall–Kier alpha value is -2.20. The van der Waals surface area contributed by atoms with Crippen molar-refractivity contribution in [3.8, 4) is 0 Å². The zero-order valence-electron chi connectivity index (χ0n) is 29.6. The maximum Gasteiger partial charge on any atom is 0.326 e. The molecule has 11 atom stereocenters. The van der Waals surface area contributed by atoms with Crippen LogP contribution in [-0.2, 0) is 19.2 Å². The number of hydrogen-bond donors (Lipinski definition) is 6. The molecule has 272 valence electrons. The van der Waals surface area contributed by atoms with E-state index in [4.69, 9.17) is 0 Å². The lowest BCUT2D eigenvalue weighted by atomic mass is 9.43. The zero-order chi connectivity index (χ0) is 34.9. The number of hydrogen-bond acceptors (Lipinski definition) is 6. The second-order valence-electron chi connectivity index (χ2n) is 17.4. The molecular formula is C38H62N2O8. The van der Waals surface area contributed by atoms with Gasteiger partial charge in [-0.2, -0.15) is 0 Å². The number of aliphatic hydroxyl groups excluding tert-OH is 2. The van der Waals surface area contributed by atoms with E-state index in [2.05, 4.69) is 31.4 Å². The Balaban J connectivity index is 1.10. The van der Waals surface area contributed by atoms with E-state index in [9.17, 15) is 39.6 Å². The fourth-order valence-electron chi connectivity index (χ4n) is 11.9. The van der Waals surface area contributed by atoms with Crippen molar-refractivity contribution in [1.82, 2.24) is 10.6 Å². The van der Waals surface area contributed by atoms with Crippen molar-refractivity contribution >= 4 is 23.8 Å². The first-order valence-corrected chi connectivity index (χ1v) is 19.0. The molecule has 0 aromatic rings. The van der Waals surface area contributed by atoms with Crippen LogP contribution in [-0.4, -0.2) is 69.0 Å². The third kappa shape index (κ3) is 7.74. The standard InChI is InChI=1S/C38H62N2O8/c1-23(26-8-9-27-34-28(14-18-37(26,27)3)36(2)17-13-25(41)19-24(36)20-30(34)42)7-11-32(44)40-29(35(47)48)10-12-31(43)39-22-38(21-33(45)46)15-5-4-6-16-38/h23-30,34,41-42H,4-22H2,1-3H3,(H,39,43)(H,40,44)(H,45,46)(H,47,48)/t23-,24+,25-,26-,27+,28+,29+,30-,34+,36+,37-/m1/s1. The lowest BCUT2D eigenvalue weighted by Crippen LogP contribution is -2.58. The molecule has 0 heterocycles. The summed E-state index contributed by atoms with van der Waals surface area (Å²) in [7, 11) is 0. The van der Waals surface area contributed by atoms with Crippen LogP contribution in [0, 0.1) is 51.8 Å². The Bertz CT molecular complexity index is 1190. The number of aliphatic hydroxyl groups is 2. The van der Waals surface area contributed by atoms with E-state index in [0.717, 1.165) is 83.5 Å². The average molecular weight is 675 g/mol. The molecule has 5 fully saturated rings. The van der Waals surface area contributed by atoms with E-state index in [1.807, 2.05) is 0 Å². The van der Waals surface area contributed by atoms with Crippen molar-refractivity contribution in [3.63, 3.8) is 0 Å². The summed E-state index contributed by atoms with van der Waals surface area (Å²) >= 11 is 0.